The molecular formula is C24H42IN5O2. The van der Waals surface area contributed by atoms with E-state index < -0.39 is 0 Å². The summed E-state index contributed by atoms with van der Waals surface area (Å²) in [5.41, 5.74) is 0.631. The molecule has 7 nitrogen and oxygen atoms in total. The number of anilines is 1. The van der Waals surface area contributed by atoms with Crippen molar-refractivity contribution in [3.8, 4) is 5.75 Å². The molecule has 0 spiro atoms. The highest BCUT2D eigenvalue weighted by Crippen LogP contribution is 2.19. The fourth-order valence-electron chi connectivity index (χ4n) is 3.52. The Balaban J connectivity index is 0.00000512. The molecular weight excluding hydrogens is 517 g/mol. The lowest BCUT2D eigenvalue weighted by Gasteiger charge is -2.29. The van der Waals surface area contributed by atoms with Gasteiger partial charge in [0.1, 0.15) is 12.3 Å². The molecule has 0 aromatic heterocycles. The molecule has 8 heteroatoms. The Bertz CT molecular complexity index is 708. The van der Waals surface area contributed by atoms with Crippen LogP contribution in [0.2, 0.25) is 0 Å². The summed E-state index contributed by atoms with van der Waals surface area (Å²) in [5.74, 6) is 2.10. The van der Waals surface area contributed by atoms with Gasteiger partial charge in [0, 0.05) is 17.8 Å². The summed E-state index contributed by atoms with van der Waals surface area (Å²) < 4.78 is 5.71. The number of likely N-dealkylation sites (tertiary alicyclic amines) is 1. The summed E-state index contributed by atoms with van der Waals surface area (Å²) >= 11 is 0. The number of ether oxygens (including phenoxy) is 1. The zero-order valence-electron chi connectivity index (χ0n) is 20.5. The standard InChI is InChI=1S/C24H41N5O2.HI/c1-18(2)31-21-9-7-20(8-10-21)27-23(26-17-22(30)28-24(3,4)5)25-14-11-19-12-15-29(6)16-13-19;/h7-10,18-19H,11-17H2,1-6H3,(H,28,30)(H2,25,26,27);1H. The first kappa shape index (κ1) is 28.5. The van der Waals surface area contributed by atoms with Crippen LogP contribution in [-0.2, 0) is 4.79 Å². The number of guanidine groups is 1. The first-order chi connectivity index (χ1) is 14.6. The van der Waals surface area contributed by atoms with Crippen LogP contribution >= 0.6 is 24.0 Å². The number of benzene rings is 1. The third-order valence-corrected chi connectivity index (χ3v) is 5.07. The van der Waals surface area contributed by atoms with E-state index in [1.54, 1.807) is 0 Å². The number of nitrogens with one attached hydrogen (secondary N) is 3. The maximum atomic E-state index is 12.2. The summed E-state index contributed by atoms with van der Waals surface area (Å²) in [4.78, 5) is 19.1. The van der Waals surface area contributed by atoms with Gasteiger partial charge in [-0.3, -0.25) is 4.79 Å². The molecule has 0 unspecified atom stereocenters. The lowest BCUT2D eigenvalue weighted by molar-refractivity contribution is -0.121. The molecule has 0 atom stereocenters. The van der Waals surface area contributed by atoms with Crippen LogP contribution in [0.5, 0.6) is 5.75 Å². The zero-order valence-corrected chi connectivity index (χ0v) is 22.9. The van der Waals surface area contributed by atoms with Crippen LogP contribution in [-0.4, -0.2) is 61.6 Å². The van der Waals surface area contributed by atoms with Crippen LogP contribution < -0.4 is 20.7 Å². The van der Waals surface area contributed by atoms with Crippen molar-refractivity contribution in [2.24, 2.45) is 10.9 Å². The Morgan fingerprint density at radius 2 is 1.81 bits per heavy atom. The third kappa shape index (κ3) is 11.9. The number of piperidine rings is 1. The van der Waals surface area contributed by atoms with E-state index in [9.17, 15) is 4.79 Å². The van der Waals surface area contributed by atoms with Crippen molar-refractivity contribution in [2.45, 2.75) is 65.5 Å². The van der Waals surface area contributed by atoms with Crippen molar-refractivity contribution in [1.82, 2.24) is 15.5 Å². The van der Waals surface area contributed by atoms with Crippen molar-refractivity contribution in [1.29, 1.82) is 0 Å². The first-order valence-corrected chi connectivity index (χ1v) is 11.4. The highest BCUT2D eigenvalue weighted by molar-refractivity contribution is 14.0. The number of nitrogens with zero attached hydrogens (tertiary/aromatic N) is 2. The minimum Gasteiger partial charge on any atom is -0.491 e. The molecule has 182 valence electrons. The summed E-state index contributed by atoms with van der Waals surface area (Å²) in [6, 6.07) is 7.79. The molecule has 1 amide bonds. The second kappa shape index (κ2) is 13.9. The SMILES string of the molecule is CC(C)Oc1ccc(NC(=NCC(=O)NC(C)(C)C)NCCC2CCN(C)CC2)cc1.I. The predicted octanol–water partition coefficient (Wildman–Crippen LogP) is 4.10. The van der Waals surface area contributed by atoms with Gasteiger partial charge >= 0.3 is 0 Å². The second-order valence-electron chi connectivity index (χ2n) is 9.74. The van der Waals surface area contributed by atoms with Gasteiger partial charge in [0.25, 0.3) is 0 Å². The number of hydrogen-bond acceptors (Lipinski definition) is 4. The number of rotatable bonds is 8. The Kier molecular flexibility index (Phi) is 12.3. The molecule has 0 bridgehead atoms. The van der Waals surface area contributed by atoms with Crippen molar-refractivity contribution < 1.29 is 9.53 Å². The average molecular weight is 560 g/mol. The minimum absolute atomic E-state index is 0. The summed E-state index contributed by atoms with van der Waals surface area (Å²) in [5, 5.41) is 9.68. The third-order valence-electron chi connectivity index (χ3n) is 5.07. The Hall–Kier alpha value is -1.55. The van der Waals surface area contributed by atoms with Gasteiger partial charge in [-0.05, 0) is 104 Å². The van der Waals surface area contributed by atoms with E-state index in [4.69, 9.17) is 4.74 Å². The predicted molar refractivity (Wildman–Crippen MR) is 144 cm³/mol. The van der Waals surface area contributed by atoms with E-state index in [2.05, 4.69) is 32.9 Å². The fraction of sp³-hybridized carbons (Fsp3) is 0.667. The van der Waals surface area contributed by atoms with Crippen LogP contribution in [0.1, 0.15) is 53.9 Å². The number of hydrogen-bond donors (Lipinski definition) is 3. The van der Waals surface area contributed by atoms with Crippen molar-refractivity contribution in [2.75, 3.05) is 38.5 Å². The number of amides is 1. The molecule has 2 rings (SSSR count). The Morgan fingerprint density at radius 3 is 2.38 bits per heavy atom. The molecule has 0 radical (unpaired) electrons. The molecule has 0 aliphatic carbocycles. The monoisotopic (exact) mass is 559 g/mol. The molecule has 32 heavy (non-hydrogen) atoms. The maximum Gasteiger partial charge on any atom is 0.242 e. The van der Waals surface area contributed by atoms with Gasteiger partial charge in [-0.1, -0.05) is 0 Å². The molecule has 1 saturated heterocycles. The lowest BCUT2D eigenvalue weighted by Crippen LogP contribution is -2.42. The lowest BCUT2D eigenvalue weighted by atomic mass is 9.94. The van der Waals surface area contributed by atoms with Gasteiger partial charge < -0.3 is 25.6 Å². The van der Waals surface area contributed by atoms with Crippen molar-refractivity contribution in [3.05, 3.63) is 24.3 Å². The second-order valence-corrected chi connectivity index (χ2v) is 9.74. The zero-order chi connectivity index (χ0) is 22.9. The quantitative estimate of drug-likeness (QED) is 0.254. The van der Waals surface area contributed by atoms with Crippen LogP contribution in [0.4, 0.5) is 5.69 Å². The highest BCUT2D eigenvalue weighted by Gasteiger charge is 2.17. The number of carbonyl (C=O) groups excluding carboxylic acids is 1. The number of aliphatic imine (C=N–C) groups is 1. The molecule has 1 fully saturated rings. The molecule has 0 saturated carbocycles. The summed E-state index contributed by atoms with van der Waals surface area (Å²) in [7, 11) is 2.18. The van der Waals surface area contributed by atoms with Gasteiger partial charge in [0.05, 0.1) is 6.10 Å². The first-order valence-electron chi connectivity index (χ1n) is 11.4. The molecule has 1 aliphatic heterocycles. The number of halogens is 1. The van der Waals surface area contributed by atoms with Gasteiger partial charge in [-0.2, -0.15) is 0 Å². The van der Waals surface area contributed by atoms with E-state index >= 15 is 0 Å². The maximum absolute atomic E-state index is 12.2. The van der Waals surface area contributed by atoms with Crippen molar-refractivity contribution in [3.63, 3.8) is 0 Å². The van der Waals surface area contributed by atoms with E-state index in [1.165, 1.54) is 25.9 Å². The fourth-order valence-corrected chi connectivity index (χ4v) is 3.52. The highest BCUT2D eigenvalue weighted by atomic mass is 127. The average Bonchev–Trinajstić information content (AvgIpc) is 2.67. The largest absolute Gasteiger partial charge is 0.491 e. The van der Waals surface area contributed by atoms with Gasteiger partial charge in [-0.15, -0.1) is 24.0 Å². The molecule has 1 aliphatic rings. The van der Waals surface area contributed by atoms with E-state index in [-0.39, 0.29) is 48.1 Å². The van der Waals surface area contributed by atoms with Crippen LogP contribution in [0.25, 0.3) is 0 Å². The molecule has 3 N–H and O–H groups in total. The summed E-state index contributed by atoms with van der Waals surface area (Å²) in [6.07, 6.45) is 3.72. The number of carbonyl (C=O) groups is 1. The van der Waals surface area contributed by atoms with E-state index in [0.717, 1.165) is 30.3 Å². The minimum atomic E-state index is -0.270. The van der Waals surface area contributed by atoms with Crippen LogP contribution in [0, 0.1) is 5.92 Å². The van der Waals surface area contributed by atoms with Crippen LogP contribution in [0.15, 0.2) is 29.3 Å². The molecule has 1 aromatic rings. The van der Waals surface area contributed by atoms with Crippen LogP contribution in [0.3, 0.4) is 0 Å². The Labute approximate surface area is 211 Å². The van der Waals surface area contributed by atoms with Crippen molar-refractivity contribution >= 4 is 41.5 Å². The van der Waals surface area contributed by atoms with Gasteiger partial charge in [0.2, 0.25) is 5.91 Å². The normalized spacial score (nSPS) is 15.8. The topological polar surface area (TPSA) is 78.0 Å². The Morgan fingerprint density at radius 1 is 1.19 bits per heavy atom. The molecule has 1 aromatic carbocycles. The van der Waals surface area contributed by atoms with Gasteiger partial charge in [0.15, 0.2) is 5.96 Å². The summed E-state index contributed by atoms with van der Waals surface area (Å²) in [6.45, 7) is 13.2. The van der Waals surface area contributed by atoms with Gasteiger partial charge in [-0.25, -0.2) is 4.99 Å². The molecule has 1 heterocycles. The van der Waals surface area contributed by atoms with E-state index in [1.807, 2.05) is 58.9 Å². The smallest absolute Gasteiger partial charge is 0.242 e. The van der Waals surface area contributed by atoms with E-state index in [0.29, 0.717) is 5.96 Å².